The highest BCUT2D eigenvalue weighted by Crippen LogP contribution is 2.05. The molecule has 0 aromatic rings. The number of carboxylic acid groups (broad SMARTS) is 1. The number of nitrogens with one attached hydrogen (secondary N) is 1. The average molecular weight is 200 g/mol. The van der Waals surface area contributed by atoms with Crippen LogP contribution in [0.4, 0.5) is 0 Å². The van der Waals surface area contributed by atoms with Crippen molar-refractivity contribution >= 4 is 17.7 Å². The van der Waals surface area contributed by atoms with E-state index in [9.17, 15) is 14.4 Å². The summed E-state index contributed by atoms with van der Waals surface area (Å²) in [5.41, 5.74) is 2.26. The minimum atomic E-state index is -1.72. The summed E-state index contributed by atoms with van der Waals surface area (Å²) in [6, 6.07) is 0. The molecule has 78 valence electrons. The van der Waals surface area contributed by atoms with E-state index in [-0.39, 0.29) is 0 Å². The number of rotatable bonds is 3. The predicted molar refractivity (Wildman–Crippen MR) is 46.2 cm³/mol. The Hall–Kier alpha value is -1.43. The number of Topliss-reactive ketones (excluding diaryl/α,β-unsaturated/α-hetero) is 1. The molecule has 1 amide bonds. The quantitative estimate of drug-likeness (QED) is 0.458. The second-order valence-corrected chi connectivity index (χ2v) is 3.12. The Balaban J connectivity index is 2.39. The molecule has 0 unspecified atom stereocenters. The van der Waals surface area contributed by atoms with Crippen LogP contribution in [0.2, 0.25) is 0 Å². The van der Waals surface area contributed by atoms with Crippen molar-refractivity contribution in [3.05, 3.63) is 0 Å². The third kappa shape index (κ3) is 2.81. The van der Waals surface area contributed by atoms with E-state index in [1.165, 1.54) is 0 Å². The average Bonchev–Trinajstić information content (AvgIpc) is 2.18. The minimum Gasteiger partial charge on any atom is -0.475 e. The molecular formula is C8H12N2O4. The van der Waals surface area contributed by atoms with Gasteiger partial charge in [0.05, 0.1) is 0 Å². The van der Waals surface area contributed by atoms with Crippen LogP contribution in [-0.2, 0) is 14.4 Å². The normalized spacial score (nSPS) is 17.4. The molecule has 6 heteroatoms. The van der Waals surface area contributed by atoms with Gasteiger partial charge in [-0.3, -0.25) is 15.0 Å². The van der Waals surface area contributed by atoms with Crippen molar-refractivity contribution in [2.24, 2.45) is 0 Å². The molecule has 0 bridgehead atoms. The zero-order chi connectivity index (χ0) is 10.6. The summed E-state index contributed by atoms with van der Waals surface area (Å²) in [7, 11) is 0. The van der Waals surface area contributed by atoms with Crippen LogP contribution < -0.4 is 5.43 Å². The molecule has 2 N–H and O–H groups in total. The molecule has 1 saturated heterocycles. The van der Waals surface area contributed by atoms with Gasteiger partial charge in [-0.2, -0.15) is 0 Å². The highest BCUT2D eigenvalue weighted by molar-refractivity contribution is 6.61. The van der Waals surface area contributed by atoms with Crippen molar-refractivity contribution in [2.45, 2.75) is 19.3 Å². The molecule has 1 rings (SSSR count). The van der Waals surface area contributed by atoms with Gasteiger partial charge in [-0.05, 0) is 12.8 Å². The second-order valence-electron chi connectivity index (χ2n) is 3.12. The lowest BCUT2D eigenvalue weighted by atomic mass is 10.2. The number of amides is 1. The molecule has 1 heterocycles. The molecule has 0 aromatic heterocycles. The summed E-state index contributed by atoms with van der Waals surface area (Å²) < 4.78 is 0. The van der Waals surface area contributed by atoms with Crippen molar-refractivity contribution in [1.82, 2.24) is 10.4 Å². The number of carbonyl (C=O) groups is 3. The molecule has 1 aliphatic rings. The van der Waals surface area contributed by atoms with Gasteiger partial charge < -0.3 is 5.11 Å². The number of hydrogen-bond acceptors (Lipinski definition) is 4. The Morgan fingerprint density at radius 1 is 1.07 bits per heavy atom. The van der Waals surface area contributed by atoms with Crippen LogP contribution in [0.15, 0.2) is 0 Å². The molecule has 0 aromatic carbocycles. The van der Waals surface area contributed by atoms with Gasteiger partial charge in [-0.25, -0.2) is 9.80 Å². The third-order valence-corrected chi connectivity index (χ3v) is 2.02. The van der Waals surface area contributed by atoms with Crippen molar-refractivity contribution in [3.8, 4) is 0 Å². The highest BCUT2D eigenvalue weighted by Gasteiger charge is 2.24. The summed E-state index contributed by atoms with van der Waals surface area (Å²) in [5.74, 6) is -4.21. The van der Waals surface area contributed by atoms with Crippen molar-refractivity contribution < 1.29 is 19.5 Å². The third-order valence-electron chi connectivity index (χ3n) is 2.02. The van der Waals surface area contributed by atoms with Gasteiger partial charge in [0.1, 0.15) is 0 Å². The van der Waals surface area contributed by atoms with Crippen LogP contribution in [0.1, 0.15) is 19.3 Å². The van der Waals surface area contributed by atoms with E-state index >= 15 is 0 Å². The van der Waals surface area contributed by atoms with E-state index in [1.807, 2.05) is 0 Å². The number of hydrazine groups is 1. The number of aliphatic carboxylic acids is 1. The minimum absolute atomic E-state index is 0.665. The lowest BCUT2D eigenvalue weighted by Gasteiger charge is -2.25. The molecule has 14 heavy (non-hydrogen) atoms. The van der Waals surface area contributed by atoms with Crippen molar-refractivity contribution in [3.63, 3.8) is 0 Å². The van der Waals surface area contributed by atoms with Crippen molar-refractivity contribution in [1.29, 1.82) is 0 Å². The lowest BCUT2D eigenvalue weighted by molar-refractivity contribution is -0.154. The fraction of sp³-hybridized carbons (Fsp3) is 0.625. The largest absolute Gasteiger partial charge is 0.475 e. The standard InChI is InChI=1S/C8H12N2O4/c11-6(8(13)14)7(12)9-10-4-2-1-3-5-10/h1-5H2,(H,9,12)(H,13,14). The SMILES string of the molecule is O=C(O)C(=O)C(=O)NN1CCCCC1. The first kappa shape index (κ1) is 10.6. The molecule has 0 saturated carbocycles. The lowest BCUT2D eigenvalue weighted by Crippen LogP contribution is -2.49. The van der Waals surface area contributed by atoms with Gasteiger partial charge in [-0.1, -0.05) is 6.42 Å². The fourth-order valence-corrected chi connectivity index (χ4v) is 1.30. The van der Waals surface area contributed by atoms with E-state index in [4.69, 9.17) is 5.11 Å². The Labute approximate surface area is 80.8 Å². The molecule has 6 nitrogen and oxygen atoms in total. The maximum Gasteiger partial charge on any atom is 0.382 e. The first-order valence-electron chi connectivity index (χ1n) is 4.44. The molecule has 1 fully saturated rings. The van der Waals surface area contributed by atoms with E-state index in [2.05, 4.69) is 5.43 Å². The molecular weight excluding hydrogens is 188 g/mol. The molecule has 0 radical (unpaired) electrons. The van der Waals surface area contributed by atoms with Gasteiger partial charge in [0.2, 0.25) is 0 Å². The maximum atomic E-state index is 11.0. The zero-order valence-corrected chi connectivity index (χ0v) is 7.65. The molecule has 1 aliphatic heterocycles. The van der Waals surface area contributed by atoms with Crippen LogP contribution in [-0.4, -0.2) is 40.9 Å². The van der Waals surface area contributed by atoms with E-state index < -0.39 is 17.7 Å². The number of carboxylic acids is 1. The van der Waals surface area contributed by atoms with Gasteiger partial charge in [0.15, 0.2) is 0 Å². The second kappa shape index (κ2) is 4.71. The van der Waals surface area contributed by atoms with Crippen LogP contribution in [0.25, 0.3) is 0 Å². The first-order chi connectivity index (χ1) is 6.61. The maximum absolute atomic E-state index is 11.0. The summed E-state index contributed by atoms with van der Waals surface area (Å²) in [6.45, 7) is 1.33. The summed E-state index contributed by atoms with van der Waals surface area (Å²) in [4.78, 5) is 31.8. The predicted octanol–water partition coefficient (Wildman–Crippen LogP) is -0.843. The van der Waals surface area contributed by atoms with Crippen molar-refractivity contribution in [2.75, 3.05) is 13.1 Å². The number of ketones is 1. The number of carbonyl (C=O) groups excluding carboxylic acids is 2. The monoisotopic (exact) mass is 200 g/mol. The topological polar surface area (TPSA) is 86.7 Å². The summed E-state index contributed by atoms with van der Waals surface area (Å²) >= 11 is 0. The van der Waals surface area contributed by atoms with Gasteiger partial charge in [0.25, 0.3) is 0 Å². The smallest absolute Gasteiger partial charge is 0.382 e. The summed E-state index contributed by atoms with van der Waals surface area (Å²) in [5, 5.41) is 9.83. The van der Waals surface area contributed by atoms with Crippen LogP contribution >= 0.6 is 0 Å². The van der Waals surface area contributed by atoms with Crippen LogP contribution in [0.5, 0.6) is 0 Å². The van der Waals surface area contributed by atoms with Crippen LogP contribution in [0, 0.1) is 0 Å². The van der Waals surface area contributed by atoms with Gasteiger partial charge in [0, 0.05) is 13.1 Å². The van der Waals surface area contributed by atoms with Gasteiger partial charge >= 0.3 is 17.7 Å². The van der Waals surface area contributed by atoms with Gasteiger partial charge in [-0.15, -0.1) is 0 Å². The Bertz CT molecular complexity index is 258. The van der Waals surface area contributed by atoms with E-state index in [1.54, 1.807) is 5.01 Å². The highest BCUT2D eigenvalue weighted by atomic mass is 16.4. The number of hydrogen-bond donors (Lipinski definition) is 2. The number of nitrogens with zero attached hydrogens (tertiary/aromatic N) is 1. The Morgan fingerprint density at radius 2 is 1.64 bits per heavy atom. The Morgan fingerprint density at radius 3 is 2.14 bits per heavy atom. The zero-order valence-electron chi connectivity index (χ0n) is 7.65. The first-order valence-corrected chi connectivity index (χ1v) is 4.44. The molecule has 0 aliphatic carbocycles. The molecule has 0 atom stereocenters. The van der Waals surface area contributed by atoms with Crippen LogP contribution in [0.3, 0.4) is 0 Å². The Kier molecular flexibility index (Phi) is 3.58. The summed E-state index contributed by atoms with van der Waals surface area (Å²) in [6.07, 6.45) is 2.99. The molecule has 0 spiro atoms. The number of piperidine rings is 1. The van der Waals surface area contributed by atoms with E-state index in [0.29, 0.717) is 13.1 Å². The van der Waals surface area contributed by atoms with E-state index in [0.717, 1.165) is 19.3 Å². The fourth-order valence-electron chi connectivity index (χ4n) is 1.30.